The first-order valence-corrected chi connectivity index (χ1v) is 5.71. The molecule has 0 radical (unpaired) electrons. The molecule has 0 spiro atoms. The maximum Gasteiger partial charge on any atom is 0.0356 e. The molecule has 0 fully saturated rings. The summed E-state index contributed by atoms with van der Waals surface area (Å²) in [6.45, 7) is 0. The molecule has 2 aromatic carbocycles. The molecule has 0 N–H and O–H groups in total. The van der Waals surface area contributed by atoms with Gasteiger partial charge in [-0.15, -0.1) is 24.0 Å². The molecule has 68 valence electrons. The summed E-state index contributed by atoms with van der Waals surface area (Å²) in [6, 6.07) is 14.8. The molecular weight excluding hydrogens is 208 g/mol. The second-order valence-electron chi connectivity index (χ2n) is 3.28. The van der Waals surface area contributed by atoms with E-state index < -0.39 is 0 Å². The van der Waals surface area contributed by atoms with Crippen molar-refractivity contribution in [2.24, 2.45) is 0 Å². The number of thiol groups is 1. The Labute approximate surface area is 91.6 Å². The van der Waals surface area contributed by atoms with Crippen LogP contribution in [-0.4, -0.2) is 0 Å². The molecule has 0 aliphatic rings. The molecule has 0 saturated carbocycles. The number of fused-ring (bicyclic) bond motifs is 3. The third-order valence-corrected chi connectivity index (χ3v) is 3.79. The first kappa shape index (κ1) is 8.33. The van der Waals surface area contributed by atoms with Gasteiger partial charge in [0.05, 0.1) is 0 Å². The van der Waals surface area contributed by atoms with Crippen LogP contribution in [0.5, 0.6) is 0 Å². The van der Waals surface area contributed by atoms with E-state index in [1.54, 1.807) is 0 Å². The summed E-state index contributed by atoms with van der Waals surface area (Å²) < 4.78 is 2.69. The van der Waals surface area contributed by atoms with Gasteiger partial charge in [0.15, 0.2) is 0 Å². The van der Waals surface area contributed by atoms with Gasteiger partial charge in [0, 0.05) is 25.1 Å². The van der Waals surface area contributed by atoms with Crippen molar-refractivity contribution in [1.29, 1.82) is 0 Å². The van der Waals surface area contributed by atoms with Crippen molar-refractivity contribution in [2.45, 2.75) is 4.90 Å². The van der Waals surface area contributed by atoms with E-state index in [9.17, 15) is 0 Å². The van der Waals surface area contributed by atoms with E-state index in [1.807, 2.05) is 17.4 Å². The predicted molar refractivity (Wildman–Crippen MR) is 66.6 cm³/mol. The lowest BCUT2D eigenvalue weighted by atomic mass is 10.1. The Hall–Kier alpha value is -0.990. The average molecular weight is 216 g/mol. The highest BCUT2D eigenvalue weighted by Crippen LogP contribution is 2.34. The highest BCUT2D eigenvalue weighted by Gasteiger charge is 2.03. The molecule has 0 saturated heterocycles. The zero-order valence-corrected chi connectivity index (χ0v) is 9.11. The van der Waals surface area contributed by atoms with Gasteiger partial charge in [-0.1, -0.05) is 18.2 Å². The van der Waals surface area contributed by atoms with Crippen molar-refractivity contribution in [1.82, 2.24) is 0 Å². The zero-order valence-electron chi connectivity index (χ0n) is 7.40. The maximum absolute atomic E-state index is 4.37. The Morgan fingerprint density at radius 2 is 1.64 bits per heavy atom. The molecule has 0 unspecified atom stereocenters. The van der Waals surface area contributed by atoms with Crippen LogP contribution in [0.15, 0.2) is 47.4 Å². The Balaban J connectivity index is 2.58. The summed E-state index contributed by atoms with van der Waals surface area (Å²) in [7, 11) is 0. The van der Waals surface area contributed by atoms with Gasteiger partial charge in [-0.3, -0.25) is 0 Å². The van der Waals surface area contributed by atoms with E-state index in [1.165, 1.54) is 20.2 Å². The van der Waals surface area contributed by atoms with E-state index in [0.717, 1.165) is 4.90 Å². The van der Waals surface area contributed by atoms with Gasteiger partial charge in [-0.25, -0.2) is 0 Å². The molecule has 0 atom stereocenters. The molecule has 0 aliphatic heterocycles. The van der Waals surface area contributed by atoms with Gasteiger partial charge < -0.3 is 0 Å². The smallest absolute Gasteiger partial charge is 0.0356 e. The average Bonchev–Trinajstić information content (AvgIpc) is 2.56. The highest BCUT2D eigenvalue weighted by atomic mass is 32.1. The van der Waals surface area contributed by atoms with Crippen molar-refractivity contribution in [3.8, 4) is 0 Å². The summed E-state index contributed by atoms with van der Waals surface area (Å²) in [6.07, 6.45) is 0. The second-order valence-corrected chi connectivity index (χ2v) is 4.88. The fourth-order valence-corrected chi connectivity index (χ4v) is 3.00. The van der Waals surface area contributed by atoms with Crippen LogP contribution in [0.4, 0.5) is 0 Å². The molecule has 1 heterocycles. The summed E-state index contributed by atoms with van der Waals surface area (Å²) in [5.41, 5.74) is 0. The van der Waals surface area contributed by atoms with Crippen molar-refractivity contribution >= 4 is 44.1 Å². The molecule has 3 rings (SSSR count). The Bertz CT molecular complexity index is 608. The van der Waals surface area contributed by atoms with Crippen LogP contribution in [0, 0.1) is 0 Å². The van der Waals surface area contributed by atoms with Gasteiger partial charge in [0.25, 0.3) is 0 Å². The predicted octanol–water partition coefficient (Wildman–Crippen LogP) is 4.34. The SMILES string of the molecule is Sc1ccc2sc3ccccc3c2c1. The Morgan fingerprint density at radius 3 is 2.57 bits per heavy atom. The van der Waals surface area contributed by atoms with Crippen LogP contribution in [-0.2, 0) is 0 Å². The number of thiophene rings is 1. The third kappa shape index (κ3) is 1.15. The molecule has 0 aliphatic carbocycles. The second kappa shape index (κ2) is 3.01. The van der Waals surface area contributed by atoms with Gasteiger partial charge in [-0.2, -0.15) is 0 Å². The van der Waals surface area contributed by atoms with Gasteiger partial charge in [0.1, 0.15) is 0 Å². The standard InChI is InChI=1S/C12H8S2/c13-8-5-6-12-10(7-8)9-3-1-2-4-11(9)14-12/h1-7,13H. The van der Waals surface area contributed by atoms with E-state index >= 15 is 0 Å². The quantitative estimate of drug-likeness (QED) is 0.531. The monoisotopic (exact) mass is 216 g/mol. The van der Waals surface area contributed by atoms with Gasteiger partial charge in [0.2, 0.25) is 0 Å². The minimum absolute atomic E-state index is 1.03. The third-order valence-electron chi connectivity index (χ3n) is 2.36. The lowest BCUT2D eigenvalue weighted by molar-refractivity contribution is 1.55. The molecule has 3 aromatic rings. The van der Waals surface area contributed by atoms with E-state index in [-0.39, 0.29) is 0 Å². The van der Waals surface area contributed by atoms with Crippen LogP contribution < -0.4 is 0 Å². The number of hydrogen-bond donors (Lipinski definition) is 1. The minimum atomic E-state index is 1.03. The summed E-state index contributed by atoms with van der Waals surface area (Å²) >= 11 is 6.20. The molecule has 0 amide bonds. The first-order valence-electron chi connectivity index (χ1n) is 4.45. The van der Waals surface area contributed by atoms with Crippen molar-refractivity contribution in [2.75, 3.05) is 0 Å². The summed E-state index contributed by atoms with van der Waals surface area (Å²) in [4.78, 5) is 1.03. The zero-order chi connectivity index (χ0) is 9.54. The molecular formula is C12H8S2. The summed E-state index contributed by atoms with van der Waals surface area (Å²) in [5.74, 6) is 0. The minimum Gasteiger partial charge on any atom is -0.143 e. The van der Waals surface area contributed by atoms with E-state index in [2.05, 4.69) is 49.0 Å². The largest absolute Gasteiger partial charge is 0.143 e. The molecule has 14 heavy (non-hydrogen) atoms. The normalized spacial score (nSPS) is 11.2. The van der Waals surface area contributed by atoms with E-state index in [0.29, 0.717) is 0 Å². The fraction of sp³-hybridized carbons (Fsp3) is 0. The highest BCUT2D eigenvalue weighted by molar-refractivity contribution is 7.80. The van der Waals surface area contributed by atoms with Crippen LogP contribution in [0.1, 0.15) is 0 Å². The number of benzene rings is 2. The maximum atomic E-state index is 4.37. The Morgan fingerprint density at radius 1 is 0.857 bits per heavy atom. The summed E-state index contributed by atoms with van der Waals surface area (Å²) in [5, 5.41) is 2.65. The Kier molecular flexibility index (Phi) is 1.79. The first-order chi connectivity index (χ1) is 6.84. The molecule has 0 bridgehead atoms. The van der Waals surface area contributed by atoms with Crippen molar-refractivity contribution < 1.29 is 0 Å². The van der Waals surface area contributed by atoms with Gasteiger partial charge >= 0.3 is 0 Å². The lowest BCUT2D eigenvalue weighted by Gasteiger charge is -1.92. The fourth-order valence-electron chi connectivity index (χ4n) is 1.71. The van der Waals surface area contributed by atoms with Crippen molar-refractivity contribution in [3.63, 3.8) is 0 Å². The molecule has 1 aromatic heterocycles. The van der Waals surface area contributed by atoms with Crippen LogP contribution in [0.25, 0.3) is 20.2 Å². The van der Waals surface area contributed by atoms with Crippen molar-refractivity contribution in [3.05, 3.63) is 42.5 Å². The number of hydrogen-bond acceptors (Lipinski definition) is 2. The van der Waals surface area contributed by atoms with Crippen LogP contribution in [0.3, 0.4) is 0 Å². The van der Waals surface area contributed by atoms with Crippen LogP contribution in [0.2, 0.25) is 0 Å². The van der Waals surface area contributed by atoms with E-state index in [4.69, 9.17) is 0 Å². The lowest BCUT2D eigenvalue weighted by Crippen LogP contribution is -1.66. The molecule has 0 nitrogen and oxygen atoms in total. The topological polar surface area (TPSA) is 0 Å². The molecule has 2 heteroatoms. The van der Waals surface area contributed by atoms with Crippen LogP contribution >= 0.6 is 24.0 Å². The van der Waals surface area contributed by atoms with Gasteiger partial charge in [-0.05, 0) is 24.3 Å². The number of rotatable bonds is 0.